The highest BCUT2D eigenvalue weighted by atomic mass is 79.9. The van der Waals surface area contributed by atoms with E-state index in [1.54, 1.807) is 12.1 Å². The van der Waals surface area contributed by atoms with Crippen LogP contribution >= 0.6 is 15.9 Å². The van der Waals surface area contributed by atoms with Gasteiger partial charge < -0.3 is 0 Å². The Morgan fingerprint density at radius 3 is 2.69 bits per heavy atom. The monoisotopic (exact) mass is 258 g/mol. The first kappa shape index (κ1) is 10.3. The van der Waals surface area contributed by atoms with Gasteiger partial charge in [-0.05, 0) is 18.2 Å². The van der Waals surface area contributed by atoms with Gasteiger partial charge in [0.25, 0.3) is 0 Å². The van der Waals surface area contributed by atoms with Crippen LogP contribution < -0.4 is 0 Å². The Balaban J connectivity index is 3.17. The molecule has 0 N–H and O–H groups in total. The van der Waals surface area contributed by atoms with Gasteiger partial charge in [-0.25, -0.2) is 8.42 Å². The number of rotatable bonds is 2. The van der Waals surface area contributed by atoms with Gasteiger partial charge in [-0.15, -0.1) is 6.42 Å². The zero-order chi connectivity index (χ0) is 9.90. The maximum atomic E-state index is 11.4. The van der Waals surface area contributed by atoms with Crippen LogP contribution in [0.2, 0.25) is 0 Å². The lowest BCUT2D eigenvalue weighted by Crippen LogP contribution is -2.04. The Morgan fingerprint density at radius 1 is 1.46 bits per heavy atom. The Labute approximate surface area is 86.0 Å². The predicted octanol–water partition coefficient (Wildman–Crippen LogP) is 1.86. The molecule has 0 spiro atoms. The van der Waals surface area contributed by atoms with Gasteiger partial charge in [0.1, 0.15) is 5.75 Å². The topological polar surface area (TPSA) is 34.1 Å². The fourth-order valence-corrected chi connectivity index (χ4v) is 2.38. The van der Waals surface area contributed by atoms with Crippen LogP contribution in [0.15, 0.2) is 33.6 Å². The van der Waals surface area contributed by atoms with E-state index in [0.717, 1.165) is 4.47 Å². The van der Waals surface area contributed by atoms with E-state index in [0.29, 0.717) is 0 Å². The maximum absolute atomic E-state index is 11.4. The Bertz CT molecular complexity index is 443. The summed E-state index contributed by atoms with van der Waals surface area (Å²) in [5, 5.41) is 0. The second-order valence-electron chi connectivity index (χ2n) is 2.42. The largest absolute Gasteiger partial charge is 0.223 e. The van der Waals surface area contributed by atoms with E-state index in [2.05, 4.69) is 21.9 Å². The van der Waals surface area contributed by atoms with Gasteiger partial charge in [-0.1, -0.05) is 27.9 Å². The number of hydrogen-bond acceptors (Lipinski definition) is 2. The first-order chi connectivity index (χ1) is 6.06. The smallest absolute Gasteiger partial charge is 0.189 e. The Kier molecular flexibility index (Phi) is 3.12. The minimum absolute atomic E-state index is 0.250. The summed E-state index contributed by atoms with van der Waals surface area (Å²) in [6.07, 6.45) is 4.95. The lowest BCUT2D eigenvalue weighted by molar-refractivity contribution is 0.599. The molecule has 0 saturated carbocycles. The molecule has 0 unspecified atom stereocenters. The second-order valence-corrected chi connectivity index (χ2v) is 5.33. The summed E-state index contributed by atoms with van der Waals surface area (Å²) in [6.45, 7) is 0. The van der Waals surface area contributed by atoms with E-state index in [1.165, 1.54) is 12.1 Å². The van der Waals surface area contributed by atoms with E-state index in [4.69, 9.17) is 6.42 Å². The normalized spacial score (nSPS) is 10.8. The van der Waals surface area contributed by atoms with Crippen LogP contribution in [0.3, 0.4) is 0 Å². The van der Waals surface area contributed by atoms with Crippen LogP contribution in [0.4, 0.5) is 0 Å². The highest BCUT2D eigenvalue weighted by molar-refractivity contribution is 9.10. The number of benzene rings is 1. The van der Waals surface area contributed by atoms with Gasteiger partial charge >= 0.3 is 0 Å². The SMILES string of the molecule is C#CCS(=O)(=O)c1cccc(Br)c1. The summed E-state index contributed by atoms with van der Waals surface area (Å²) in [5.41, 5.74) is 0. The quantitative estimate of drug-likeness (QED) is 0.759. The summed E-state index contributed by atoms with van der Waals surface area (Å²) in [4.78, 5) is 0.250. The van der Waals surface area contributed by atoms with Crippen LogP contribution in [-0.2, 0) is 9.84 Å². The lowest BCUT2D eigenvalue weighted by Gasteiger charge is -1.99. The minimum atomic E-state index is -3.30. The summed E-state index contributed by atoms with van der Waals surface area (Å²) < 4.78 is 23.6. The first-order valence-corrected chi connectivity index (χ1v) is 5.92. The lowest BCUT2D eigenvalue weighted by atomic mass is 10.4. The van der Waals surface area contributed by atoms with Gasteiger partial charge in [0.15, 0.2) is 9.84 Å². The Hall–Kier alpha value is -0.790. The van der Waals surface area contributed by atoms with Crippen molar-refractivity contribution < 1.29 is 8.42 Å². The molecule has 0 bridgehead atoms. The first-order valence-electron chi connectivity index (χ1n) is 3.48. The summed E-state index contributed by atoms with van der Waals surface area (Å²) >= 11 is 3.19. The summed E-state index contributed by atoms with van der Waals surface area (Å²) in [5.74, 6) is 1.86. The van der Waals surface area contributed by atoms with Crippen molar-refractivity contribution in [2.75, 3.05) is 5.75 Å². The number of terminal acetylenes is 1. The molecule has 0 aromatic heterocycles. The molecule has 0 aliphatic rings. The van der Waals surface area contributed by atoms with E-state index >= 15 is 0 Å². The number of hydrogen-bond donors (Lipinski definition) is 0. The third kappa shape index (κ3) is 2.58. The zero-order valence-corrected chi connectivity index (χ0v) is 9.10. The van der Waals surface area contributed by atoms with Crippen LogP contribution in [-0.4, -0.2) is 14.2 Å². The van der Waals surface area contributed by atoms with Crippen molar-refractivity contribution in [2.24, 2.45) is 0 Å². The zero-order valence-electron chi connectivity index (χ0n) is 6.70. The van der Waals surface area contributed by atoms with Crippen LogP contribution in [0.1, 0.15) is 0 Å². The molecule has 13 heavy (non-hydrogen) atoms. The maximum Gasteiger partial charge on any atom is 0.189 e. The fourth-order valence-electron chi connectivity index (χ4n) is 0.853. The minimum Gasteiger partial charge on any atom is -0.223 e. The number of halogens is 1. The second kappa shape index (κ2) is 3.95. The average molecular weight is 259 g/mol. The van der Waals surface area contributed by atoms with Crippen molar-refractivity contribution in [2.45, 2.75) is 4.90 Å². The molecular formula is C9H7BrO2S. The average Bonchev–Trinajstić information content (AvgIpc) is 2.04. The van der Waals surface area contributed by atoms with Crippen molar-refractivity contribution >= 4 is 25.8 Å². The van der Waals surface area contributed by atoms with Crippen molar-refractivity contribution in [3.8, 4) is 12.3 Å². The van der Waals surface area contributed by atoms with Gasteiger partial charge in [-0.3, -0.25) is 0 Å². The highest BCUT2D eigenvalue weighted by Crippen LogP contribution is 2.16. The summed E-state index contributed by atoms with van der Waals surface area (Å²) in [6, 6.07) is 6.48. The van der Waals surface area contributed by atoms with Crippen molar-refractivity contribution in [3.63, 3.8) is 0 Å². The molecule has 0 atom stereocenters. The van der Waals surface area contributed by atoms with E-state index in [9.17, 15) is 8.42 Å². The highest BCUT2D eigenvalue weighted by Gasteiger charge is 2.12. The molecule has 1 aromatic carbocycles. The molecule has 0 amide bonds. The molecule has 0 fully saturated rings. The summed E-state index contributed by atoms with van der Waals surface area (Å²) in [7, 11) is -3.30. The molecule has 0 heterocycles. The molecule has 0 aliphatic heterocycles. The van der Waals surface area contributed by atoms with E-state index in [1.807, 2.05) is 0 Å². The van der Waals surface area contributed by atoms with Crippen molar-refractivity contribution in [3.05, 3.63) is 28.7 Å². The predicted molar refractivity (Wildman–Crippen MR) is 55.0 cm³/mol. The molecule has 0 aliphatic carbocycles. The molecule has 68 valence electrons. The molecule has 1 rings (SSSR count). The molecule has 2 nitrogen and oxygen atoms in total. The van der Waals surface area contributed by atoms with Gasteiger partial charge in [0, 0.05) is 4.47 Å². The molecule has 0 radical (unpaired) electrons. The van der Waals surface area contributed by atoms with Gasteiger partial charge in [0.2, 0.25) is 0 Å². The molecule has 4 heteroatoms. The molecule has 1 aromatic rings. The van der Waals surface area contributed by atoms with E-state index < -0.39 is 9.84 Å². The van der Waals surface area contributed by atoms with Crippen LogP contribution in [0.5, 0.6) is 0 Å². The standard InChI is InChI=1S/C9H7BrO2S/c1-2-6-13(11,12)9-5-3-4-8(10)7-9/h1,3-5,7H,6H2. The van der Waals surface area contributed by atoms with Crippen molar-refractivity contribution in [1.82, 2.24) is 0 Å². The van der Waals surface area contributed by atoms with E-state index in [-0.39, 0.29) is 10.6 Å². The third-order valence-corrected chi connectivity index (χ3v) is 3.44. The van der Waals surface area contributed by atoms with Gasteiger partial charge in [-0.2, -0.15) is 0 Å². The molecule has 0 saturated heterocycles. The fraction of sp³-hybridized carbons (Fsp3) is 0.111. The van der Waals surface area contributed by atoms with Gasteiger partial charge in [0.05, 0.1) is 4.90 Å². The van der Waals surface area contributed by atoms with Crippen molar-refractivity contribution in [1.29, 1.82) is 0 Å². The van der Waals surface area contributed by atoms with Crippen LogP contribution in [0.25, 0.3) is 0 Å². The Morgan fingerprint density at radius 2 is 2.15 bits per heavy atom. The third-order valence-electron chi connectivity index (χ3n) is 1.43. The molecular weight excluding hydrogens is 252 g/mol. The van der Waals surface area contributed by atoms with Crippen LogP contribution in [0, 0.1) is 12.3 Å². The number of sulfone groups is 1.